The van der Waals surface area contributed by atoms with Gasteiger partial charge in [0.25, 0.3) is 0 Å². The maximum Gasteiger partial charge on any atom is 0.346 e. The van der Waals surface area contributed by atoms with E-state index in [4.69, 9.17) is 0 Å². The van der Waals surface area contributed by atoms with Crippen molar-refractivity contribution >= 4 is 23.9 Å². The monoisotopic (exact) mass is 394 g/mol. The fraction of sp³-hybridized carbons (Fsp3) is 0.111. The number of rotatable bonds is 3. The molecule has 2 aliphatic heterocycles. The Morgan fingerprint density at radius 3 is 1.21 bits per heavy atom. The number of fused-ring (bicyclic) bond motifs is 2. The Balaban J connectivity index is 1.79. The van der Waals surface area contributed by atoms with Crippen LogP contribution in [0, 0.1) is 0 Å². The fourth-order valence-corrected chi connectivity index (χ4v) is 2.92. The second-order valence-corrected chi connectivity index (χ2v) is 6.02. The largest absolute Gasteiger partial charge is 0.386 e. The van der Waals surface area contributed by atoms with E-state index in [2.05, 4.69) is 9.47 Å². The van der Waals surface area contributed by atoms with E-state index in [1.165, 1.54) is 0 Å². The summed E-state index contributed by atoms with van der Waals surface area (Å²) < 4.78 is 67.2. The Kier molecular flexibility index (Phi) is 3.49. The van der Waals surface area contributed by atoms with Crippen molar-refractivity contribution in [1.29, 1.82) is 0 Å². The molecule has 2 aromatic carbocycles. The third-order valence-corrected chi connectivity index (χ3v) is 4.41. The smallest absolute Gasteiger partial charge is 0.346 e. The van der Waals surface area contributed by atoms with E-state index >= 15 is 0 Å². The van der Waals surface area contributed by atoms with Crippen molar-refractivity contribution in [2.45, 2.75) is 11.8 Å². The second kappa shape index (κ2) is 5.47. The molecule has 4 rings (SSSR count). The molecule has 2 aromatic rings. The Bertz CT molecular complexity index is 1020. The average molecular weight is 394 g/mol. The molecular weight excluding hydrogens is 388 g/mol. The summed E-state index contributed by atoms with van der Waals surface area (Å²) in [6, 6.07) is 3.67. The van der Waals surface area contributed by atoms with Crippen LogP contribution >= 0.6 is 0 Å². The summed E-state index contributed by atoms with van der Waals surface area (Å²) in [4.78, 5) is 45.8. The number of alkyl halides is 4. The number of hydrogen-bond acceptors (Lipinski definition) is 6. The Morgan fingerprint density at radius 1 is 0.536 bits per heavy atom. The molecule has 0 spiro atoms. The van der Waals surface area contributed by atoms with Crippen LogP contribution in [0.5, 0.6) is 0 Å². The molecule has 142 valence electrons. The zero-order chi connectivity index (χ0) is 20.4. The molecule has 10 heteroatoms. The number of esters is 4. The number of halogens is 4. The molecule has 0 aromatic heterocycles. The summed E-state index contributed by atoms with van der Waals surface area (Å²) in [5.41, 5.74) is -4.20. The van der Waals surface area contributed by atoms with Gasteiger partial charge in [0.2, 0.25) is 0 Å². The zero-order valence-corrected chi connectivity index (χ0v) is 13.4. The number of ether oxygens (including phenoxy) is 2. The molecule has 0 saturated heterocycles. The lowest BCUT2D eigenvalue weighted by molar-refractivity contribution is -0.223. The van der Waals surface area contributed by atoms with Gasteiger partial charge in [0, 0.05) is 11.1 Å². The predicted octanol–water partition coefficient (Wildman–Crippen LogP) is 3.19. The van der Waals surface area contributed by atoms with Crippen LogP contribution in [0.15, 0.2) is 36.4 Å². The van der Waals surface area contributed by atoms with Crippen LogP contribution in [0.1, 0.15) is 52.6 Å². The lowest BCUT2D eigenvalue weighted by atomic mass is 9.92. The Morgan fingerprint density at radius 2 is 0.857 bits per heavy atom. The molecule has 0 aliphatic carbocycles. The summed E-state index contributed by atoms with van der Waals surface area (Å²) in [5.74, 6) is -14.2. The van der Waals surface area contributed by atoms with Crippen molar-refractivity contribution in [2.24, 2.45) is 0 Å². The molecule has 0 radical (unpaired) electrons. The molecule has 0 amide bonds. The van der Waals surface area contributed by atoms with Gasteiger partial charge in [-0.15, -0.1) is 0 Å². The van der Waals surface area contributed by atoms with E-state index < -0.39 is 58.0 Å². The highest BCUT2D eigenvalue weighted by atomic mass is 19.3. The highest BCUT2D eigenvalue weighted by Gasteiger charge is 2.59. The highest BCUT2D eigenvalue weighted by molar-refractivity contribution is 6.15. The topological polar surface area (TPSA) is 86.7 Å². The summed E-state index contributed by atoms with van der Waals surface area (Å²) >= 11 is 0. The predicted molar refractivity (Wildman–Crippen MR) is 80.2 cm³/mol. The van der Waals surface area contributed by atoms with Gasteiger partial charge >= 0.3 is 35.7 Å². The molecule has 0 fully saturated rings. The Labute approximate surface area is 152 Å². The lowest BCUT2D eigenvalue weighted by Crippen LogP contribution is -2.36. The van der Waals surface area contributed by atoms with Crippen molar-refractivity contribution in [1.82, 2.24) is 0 Å². The first-order chi connectivity index (χ1) is 13.0. The van der Waals surface area contributed by atoms with Crippen molar-refractivity contribution in [3.63, 3.8) is 0 Å². The first-order valence-electron chi connectivity index (χ1n) is 7.61. The van der Waals surface area contributed by atoms with Crippen LogP contribution in [-0.4, -0.2) is 23.9 Å². The average Bonchev–Trinajstić information content (AvgIpc) is 3.10. The number of hydrogen-bond donors (Lipinski definition) is 0. The molecule has 0 unspecified atom stereocenters. The minimum Gasteiger partial charge on any atom is -0.386 e. The SMILES string of the molecule is O=C1OC(=O)c2cc(C(F)(F)C(F)(F)c3ccc4c(c3)C(=O)OC4=O)ccc21. The van der Waals surface area contributed by atoms with Gasteiger partial charge in [0.15, 0.2) is 0 Å². The normalized spacial score (nSPS) is 16.0. The van der Waals surface area contributed by atoms with Crippen molar-refractivity contribution in [3.05, 3.63) is 69.8 Å². The van der Waals surface area contributed by atoms with Crippen LogP contribution in [0.25, 0.3) is 0 Å². The lowest BCUT2D eigenvalue weighted by Gasteiger charge is -2.27. The number of carbonyl (C=O) groups excluding carboxylic acids is 4. The van der Waals surface area contributed by atoms with E-state index in [0.717, 1.165) is 12.1 Å². The van der Waals surface area contributed by atoms with E-state index in [-0.39, 0.29) is 11.1 Å². The minimum atomic E-state index is -4.82. The maximum atomic E-state index is 14.7. The fourth-order valence-electron chi connectivity index (χ4n) is 2.92. The van der Waals surface area contributed by atoms with Gasteiger partial charge in [-0.2, -0.15) is 17.6 Å². The van der Waals surface area contributed by atoms with E-state index in [1.807, 2.05) is 0 Å². The molecule has 0 saturated carbocycles. The van der Waals surface area contributed by atoms with E-state index in [9.17, 15) is 36.7 Å². The quantitative estimate of drug-likeness (QED) is 0.452. The van der Waals surface area contributed by atoms with Crippen LogP contribution < -0.4 is 0 Å². The third kappa shape index (κ3) is 2.27. The summed E-state index contributed by atoms with van der Waals surface area (Å²) in [6.45, 7) is 0. The van der Waals surface area contributed by atoms with Crippen molar-refractivity contribution in [2.75, 3.05) is 0 Å². The molecule has 2 aliphatic rings. The third-order valence-electron chi connectivity index (χ3n) is 4.41. The van der Waals surface area contributed by atoms with Crippen LogP contribution in [0.4, 0.5) is 17.6 Å². The molecule has 0 bridgehead atoms. The van der Waals surface area contributed by atoms with E-state index in [1.54, 1.807) is 0 Å². The number of carbonyl (C=O) groups is 4. The summed E-state index contributed by atoms with van der Waals surface area (Å²) in [5, 5.41) is 0. The maximum absolute atomic E-state index is 14.7. The molecular formula is C18H6F4O6. The first-order valence-corrected chi connectivity index (χ1v) is 7.61. The molecule has 0 atom stereocenters. The van der Waals surface area contributed by atoms with Gasteiger partial charge < -0.3 is 9.47 Å². The van der Waals surface area contributed by atoms with Crippen LogP contribution in [0.2, 0.25) is 0 Å². The Hall–Kier alpha value is -3.56. The van der Waals surface area contributed by atoms with Gasteiger partial charge in [-0.3, -0.25) is 0 Å². The second-order valence-electron chi connectivity index (χ2n) is 6.02. The van der Waals surface area contributed by atoms with Gasteiger partial charge in [-0.05, 0) is 24.3 Å². The molecule has 28 heavy (non-hydrogen) atoms. The number of benzene rings is 2. The molecule has 6 nitrogen and oxygen atoms in total. The standard InChI is InChI=1S/C18H6F4O6/c19-17(20,7-1-3-9-11(5-7)15(25)27-13(9)23)18(21,22)8-2-4-10-12(6-8)16(26)28-14(10)24/h1-6H. The first kappa shape index (κ1) is 17.8. The van der Waals surface area contributed by atoms with Crippen LogP contribution in [0.3, 0.4) is 0 Å². The van der Waals surface area contributed by atoms with E-state index in [0.29, 0.717) is 24.3 Å². The number of cyclic esters (lactones) is 4. The summed E-state index contributed by atoms with van der Waals surface area (Å²) in [7, 11) is 0. The van der Waals surface area contributed by atoms with Gasteiger partial charge in [-0.25, -0.2) is 19.2 Å². The minimum absolute atomic E-state index is 0.313. The van der Waals surface area contributed by atoms with Gasteiger partial charge in [0.1, 0.15) is 0 Å². The van der Waals surface area contributed by atoms with Gasteiger partial charge in [0.05, 0.1) is 22.3 Å². The van der Waals surface area contributed by atoms with Gasteiger partial charge in [-0.1, -0.05) is 12.1 Å². The summed E-state index contributed by atoms with van der Waals surface area (Å²) in [6.07, 6.45) is 0. The highest BCUT2D eigenvalue weighted by Crippen LogP contribution is 2.50. The zero-order valence-electron chi connectivity index (χ0n) is 13.4. The molecule has 2 heterocycles. The van der Waals surface area contributed by atoms with Crippen LogP contribution in [-0.2, 0) is 21.3 Å². The van der Waals surface area contributed by atoms with Crippen molar-refractivity contribution in [3.8, 4) is 0 Å². The van der Waals surface area contributed by atoms with Crippen molar-refractivity contribution < 1.29 is 46.2 Å². The molecule has 0 N–H and O–H groups in total.